The SMILES string of the molecule is CCC(OC)C1c2ccc(cc2)CC12CCc1ccc2cc1. The van der Waals surface area contributed by atoms with Gasteiger partial charge in [0.15, 0.2) is 0 Å². The molecule has 1 heteroatoms. The van der Waals surface area contributed by atoms with Crippen molar-refractivity contribution in [2.75, 3.05) is 7.11 Å². The van der Waals surface area contributed by atoms with E-state index in [0.717, 1.165) is 12.8 Å². The van der Waals surface area contributed by atoms with Crippen LogP contribution in [0.25, 0.3) is 0 Å². The number of methoxy groups -OCH3 is 1. The van der Waals surface area contributed by atoms with E-state index >= 15 is 0 Å². The van der Waals surface area contributed by atoms with Crippen LogP contribution in [0.1, 0.15) is 47.9 Å². The summed E-state index contributed by atoms with van der Waals surface area (Å²) >= 11 is 0. The minimum Gasteiger partial charge on any atom is -0.381 e. The molecule has 2 aromatic carbocycles. The van der Waals surface area contributed by atoms with Crippen molar-refractivity contribution in [1.82, 2.24) is 0 Å². The van der Waals surface area contributed by atoms with Crippen LogP contribution in [0, 0.1) is 0 Å². The first-order valence-corrected chi connectivity index (χ1v) is 8.48. The Balaban J connectivity index is 1.91. The number of fused-ring (bicyclic) bond motifs is 5. The molecule has 2 aromatic rings. The summed E-state index contributed by atoms with van der Waals surface area (Å²) in [5.41, 5.74) is 6.05. The Labute approximate surface area is 133 Å². The molecule has 4 aliphatic carbocycles. The maximum Gasteiger partial charge on any atom is 0.0645 e. The number of benzene rings is 2. The quantitative estimate of drug-likeness (QED) is 0.801. The normalized spacial score (nSPS) is 26.9. The molecule has 1 spiro atoms. The molecule has 114 valence electrons. The fourth-order valence-corrected chi connectivity index (χ4v) is 4.79. The van der Waals surface area contributed by atoms with Gasteiger partial charge in [0.2, 0.25) is 0 Å². The van der Waals surface area contributed by atoms with Crippen molar-refractivity contribution in [3.63, 3.8) is 0 Å². The van der Waals surface area contributed by atoms with E-state index in [1.54, 1.807) is 0 Å². The van der Waals surface area contributed by atoms with Gasteiger partial charge in [-0.15, -0.1) is 0 Å². The first kappa shape index (κ1) is 14.0. The molecule has 0 aliphatic heterocycles. The lowest BCUT2D eigenvalue weighted by molar-refractivity contribution is 0.0449. The summed E-state index contributed by atoms with van der Waals surface area (Å²) in [6, 6.07) is 18.7. The highest BCUT2D eigenvalue weighted by Gasteiger charge is 2.46. The topological polar surface area (TPSA) is 9.23 Å². The van der Waals surface area contributed by atoms with Crippen molar-refractivity contribution >= 4 is 0 Å². The molecule has 0 saturated carbocycles. The van der Waals surface area contributed by atoms with Crippen molar-refractivity contribution in [3.05, 3.63) is 70.8 Å². The van der Waals surface area contributed by atoms with E-state index in [1.165, 1.54) is 35.1 Å². The molecule has 0 radical (unpaired) electrons. The maximum atomic E-state index is 5.95. The predicted molar refractivity (Wildman–Crippen MR) is 90.4 cm³/mol. The van der Waals surface area contributed by atoms with Crippen molar-refractivity contribution < 1.29 is 4.74 Å². The van der Waals surface area contributed by atoms with Gasteiger partial charge in [0, 0.05) is 18.4 Å². The summed E-state index contributed by atoms with van der Waals surface area (Å²) in [7, 11) is 1.87. The number of aryl methyl sites for hydroxylation is 1. The molecule has 0 amide bonds. The lowest BCUT2D eigenvalue weighted by Gasteiger charge is -2.43. The van der Waals surface area contributed by atoms with Crippen molar-refractivity contribution in [2.45, 2.75) is 50.0 Å². The molecule has 0 N–H and O–H groups in total. The smallest absolute Gasteiger partial charge is 0.0645 e. The van der Waals surface area contributed by atoms with Gasteiger partial charge in [-0.05, 0) is 47.9 Å². The zero-order valence-electron chi connectivity index (χ0n) is 13.5. The van der Waals surface area contributed by atoms with Crippen molar-refractivity contribution in [3.8, 4) is 0 Å². The van der Waals surface area contributed by atoms with Crippen LogP contribution in [0.15, 0.2) is 48.5 Å². The van der Waals surface area contributed by atoms with Gasteiger partial charge in [-0.25, -0.2) is 0 Å². The first-order valence-electron chi connectivity index (χ1n) is 8.48. The summed E-state index contributed by atoms with van der Waals surface area (Å²) in [6.07, 6.45) is 4.86. The zero-order chi connectivity index (χ0) is 15.2. The van der Waals surface area contributed by atoms with Gasteiger partial charge >= 0.3 is 0 Å². The van der Waals surface area contributed by atoms with E-state index in [0.29, 0.717) is 5.92 Å². The Bertz CT molecular complexity index is 651. The van der Waals surface area contributed by atoms with E-state index in [-0.39, 0.29) is 11.5 Å². The lowest BCUT2D eigenvalue weighted by Crippen LogP contribution is -2.41. The second-order valence-electron chi connectivity index (χ2n) is 6.93. The summed E-state index contributed by atoms with van der Waals surface area (Å²) in [5, 5.41) is 0. The third kappa shape index (κ3) is 1.95. The van der Waals surface area contributed by atoms with Gasteiger partial charge in [0.1, 0.15) is 0 Å². The Hall–Kier alpha value is -1.60. The number of rotatable bonds is 3. The maximum absolute atomic E-state index is 5.95. The molecule has 0 heterocycles. The van der Waals surface area contributed by atoms with E-state index < -0.39 is 0 Å². The number of hydrogen-bond donors (Lipinski definition) is 0. The summed E-state index contributed by atoms with van der Waals surface area (Å²) in [5.74, 6) is 0.441. The standard InChI is InChI=1S/C21H24O/c1-3-19(22-2)20-17-8-4-16(5-9-17)14-21(20)13-12-15-6-10-18(21)11-7-15/h4-11,19-20H,3,12-14H2,1-2H3. The lowest BCUT2D eigenvalue weighted by atomic mass is 9.62. The minimum atomic E-state index is 0.180. The molecule has 0 fully saturated rings. The van der Waals surface area contributed by atoms with Crippen LogP contribution in [0.5, 0.6) is 0 Å². The van der Waals surface area contributed by atoms with Gasteiger partial charge in [-0.3, -0.25) is 0 Å². The van der Waals surface area contributed by atoms with Gasteiger partial charge in [0.25, 0.3) is 0 Å². The number of hydrogen-bond acceptors (Lipinski definition) is 1. The zero-order valence-corrected chi connectivity index (χ0v) is 13.5. The molecule has 1 nitrogen and oxygen atoms in total. The molecular weight excluding hydrogens is 268 g/mol. The van der Waals surface area contributed by atoms with E-state index in [4.69, 9.17) is 4.74 Å². The highest BCUT2D eigenvalue weighted by Crippen LogP contribution is 2.51. The molecule has 6 rings (SSSR count). The van der Waals surface area contributed by atoms with Crippen molar-refractivity contribution in [2.24, 2.45) is 0 Å². The Morgan fingerprint density at radius 2 is 1.73 bits per heavy atom. The van der Waals surface area contributed by atoms with E-state index in [1.807, 2.05) is 7.11 Å². The van der Waals surface area contributed by atoms with Crippen LogP contribution < -0.4 is 0 Å². The monoisotopic (exact) mass is 292 g/mol. The van der Waals surface area contributed by atoms with Crippen LogP contribution in [0.2, 0.25) is 0 Å². The van der Waals surface area contributed by atoms with Crippen LogP contribution in [-0.4, -0.2) is 13.2 Å². The van der Waals surface area contributed by atoms with Gasteiger partial charge in [-0.1, -0.05) is 55.5 Å². The highest BCUT2D eigenvalue weighted by atomic mass is 16.5. The van der Waals surface area contributed by atoms with Crippen LogP contribution >= 0.6 is 0 Å². The highest BCUT2D eigenvalue weighted by molar-refractivity contribution is 5.44. The molecule has 3 atom stereocenters. The molecule has 4 aliphatic rings. The van der Waals surface area contributed by atoms with Crippen LogP contribution in [0.3, 0.4) is 0 Å². The summed E-state index contributed by atoms with van der Waals surface area (Å²) in [4.78, 5) is 0. The molecule has 3 unspecified atom stereocenters. The second-order valence-corrected chi connectivity index (χ2v) is 6.93. The van der Waals surface area contributed by atoms with E-state index in [2.05, 4.69) is 55.5 Å². The minimum absolute atomic E-state index is 0.180. The van der Waals surface area contributed by atoms with Gasteiger partial charge in [0.05, 0.1) is 6.10 Å². The second kappa shape index (κ2) is 5.24. The molecule has 0 saturated heterocycles. The third-order valence-corrected chi connectivity index (χ3v) is 5.92. The van der Waals surface area contributed by atoms with Crippen LogP contribution in [-0.2, 0) is 23.0 Å². The summed E-state index contributed by atoms with van der Waals surface area (Å²) < 4.78 is 5.95. The first-order chi connectivity index (χ1) is 10.8. The Morgan fingerprint density at radius 1 is 1.05 bits per heavy atom. The average molecular weight is 292 g/mol. The fraction of sp³-hybridized carbons (Fsp3) is 0.429. The van der Waals surface area contributed by atoms with E-state index in [9.17, 15) is 0 Å². The molecular formula is C21H24O. The van der Waals surface area contributed by atoms with Gasteiger partial charge < -0.3 is 4.74 Å². The molecule has 4 bridgehead atoms. The Kier molecular flexibility index (Phi) is 3.34. The third-order valence-electron chi connectivity index (χ3n) is 5.92. The Morgan fingerprint density at radius 3 is 2.36 bits per heavy atom. The fourth-order valence-electron chi connectivity index (χ4n) is 4.79. The van der Waals surface area contributed by atoms with Crippen molar-refractivity contribution in [1.29, 1.82) is 0 Å². The van der Waals surface area contributed by atoms with Crippen LogP contribution in [0.4, 0.5) is 0 Å². The predicted octanol–water partition coefficient (Wildman–Crippen LogP) is 4.64. The average Bonchev–Trinajstić information content (AvgIpc) is 2.98. The van der Waals surface area contributed by atoms with Gasteiger partial charge in [-0.2, -0.15) is 0 Å². The number of ether oxygens (including phenoxy) is 1. The summed E-state index contributed by atoms with van der Waals surface area (Å²) in [6.45, 7) is 2.25. The largest absolute Gasteiger partial charge is 0.381 e. The molecule has 0 aromatic heterocycles. The molecule has 22 heavy (non-hydrogen) atoms.